The number of aryl methyl sites for hydroxylation is 2. The average molecular weight is 443 g/mol. The quantitative estimate of drug-likeness (QED) is 0.447. The highest BCUT2D eigenvalue weighted by Gasteiger charge is 2.44. The minimum absolute atomic E-state index is 0.458. The van der Waals surface area contributed by atoms with Crippen LogP contribution in [0.4, 0.5) is 0 Å². The zero-order chi connectivity index (χ0) is 23.0. The molecule has 2 aliphatic heterocycles. The summed E-state index contributed by atoms with van der Waals surface area (Å²) < 4.78 is 11.4. The van der Waals surface area contributed by atoms with E-state index in [1.54, 1.807) is 0 Å². The third-order valence-corrected chi connectivity index (χ3v) is 6.38. The Morgan fingerprint density at radius 3 is 2.59 bits per heavy atom. The Bertz CT molecular complexity index is 992. The number of hydrogen-bond acceptors (Lipinski definition) is 7. The smallest absolute Gasteiger partial charge is 0.258 e. The van der Waals surface area contributed by atoms with Crippen molar-refractivity contribution in [3.05, 3.63) is 64.2 Å². The molecule has 1 saturated heterocycles. The maximum absolute atomic E-state index is 11.4. The van der Waals surface area contributed by atoms with Gasteiger partial charge in [0.2, 0.25) is 0 Å². The van der Waals surface area contributed by atoms with Gasteiger partial charge in [-0.2, -0.15) is 0 Å². The van der Waals surface area contributed by atoms with E-state index in [2.05, 4.69) is 6.07 Å². The van der Waals surface area contributed by atoms with E-state index in [1.165, 1.54) is 0 Å². The van der Waals surface area contributed by atoms with Gasteiger partial charge in [0.15, 0.2) is 6.10 Å². The van der Waals surface area contributed by atoms with Crippen molar-refractivity contribution < 1.29 is 34.7 Å². The molecule has 6 atom stereocenters. The molecule has 32 heavy (non-hydrogen) atoms. The van der Waals surface area contributed by atoms with E-state index in [0.717, 1.165) is 22.3 Å². The number of benzene rings is 2. The van der Waals surface area contributed by atoms with Gasteiger partial charge in [0.1, 0.15) is 36.3 Å². The summed E-state index contributed by atoms with van der Waals surface area (Å²) in [5.74, 6) is 0.218. The number of hydrogen-bond donors (Lipinski definition) is 5. The predicted molar refractivity (Wildman–Crippen MR) is 115 cm³/mol. The molecule has 0 spiro atoms. The number of nitrogens with two attached hydrogens (primary N) is 1. The second kappa shape index (κ2) is 9.17. The Kier molecular flexibility index (Phi) is 6.50. The van der Waals surface area contributed by atoms with E-state index in [9.17, 15) is 25.2 Å². The first-order valence-corrected chi connectivity index (χ1v) is 10.8. The van der Waals surface area contributed by atoms with Gasteiger partial charge in [-0.15, -0.1) is 0 Å². The predicted octanol–water partition coefficient (Wildman–Crippen LogP) is 0.280. The van der Waals surface area contributed by atoms with Gasteiger partial charge in [-0.05, 0) is 60.1 Å². The molecule has 6 N–H and O–H groups in total. The molecule has 172 valence electrons. The molecule has 0 bridgehead atoms. The summed E-state index contributed by atoms with van der Waals surface area (Å²) in [7, 11) is 0. The third kappa shape index (κ3) is 4.37. The van der Waals surface area contributed by atoms with Crippen molar-refractivity contribution in [1.82, 2.24) is 0 Å². The number of carbonyl (C=O) groups excluding carboxylic acids is 1. The minimum Gasteiger partial charge on any atom is -0.480 e. The lowest BCUT2D eigenvalue weighted by molar-refractivity contribution is -0.231. The summed E-state index contributed by atoms with van der Waals surface area (Å²) in [5.41, 5.74) is 10.2. The first-order chi connectivity index (χ1) is 15.3. The van der Waals surface area contributed by atoms with E-state index in [0.29, 0.717) is 30.6 Å². The topological polar surface area (TPSA) is 142 Å². The van der Waals surface area contributed by atoms with Crippen LogP contribution in [0.2, 0.25) is 0 Å². The highest BCUT2D eigenvalue weighted by molar-refractivity contribution is 5.79. The van der Waals surface area contributed by atoms with Crippen LogP contribution in [-0.4, -0.2) is 63.5 Å². The number of aliphatic hydroxyl groups is 4. The van der Waals surface area contributed by atoms with Crippen molar-refractivity contribution in [1.29, 1.82) is 0 Å². The van der Waals surface area contributed by atoms with E-state index in [-0.39, 0.29) is 0 Å². The van der Waals surface area contributed by atoms with Gasteiger partial charge < -0.3 is 35.6 Å². The molecule has 0 saturated carbocycles. The van der Waals surface area contributed by atoms with E-state index >= 15 is 0 Å². The number of primary amides is 1. The van der Waals surface area contributed by atoms with Crippen LogP contribution in [0.1, 0.15) is 40.3 Å². The van der Waals surface area contributed by atoms with Crippen LogP contribution in [0.15, 0.2) is 36.4 Å². The third-order valence-electron chi connectivity index (χ3n) is 6.38. The standard InChI is InChI=1S/C24H29NO7/c1-12-2-4-15(23-22(29)21(28)20(27)19(11-26)32-23)10-16(12)9-13-3-6-17-14(8-13)5-7-18(31-17)24(25)30/h2-4,6,8,10,18-23,26-29H,5,7,9,11H2,1H3,(H2,25,30)/t18?,19-,20-,21+,22-,23+/m1/s1. The summed E-state index contributed by atoms with van der Waals surface area (Å²) in [5, 5.41) is 40.1. The molecule has 4 rings (SSSR count). The van der Waals surface area contributed by atoms with Crippen molar-refractivity contribution >= 4 is 5.91 Å². The molecule has 1 amide bonds. The summed E-state index contributed by atoms with van der Waals surface area (Å²) >= 11 is 0. The lowest BCUT2D eigenvalue weighted by Crippen LogP contribution is -2.55. The molecule has 0 radical (unpaired) electrons. The molecule has 2 aliphatic rings. The molecule has 2 aromatic carbocycles. The lowest BCUT2D eigenvalue weighted by atomic mass is 9.89. The summed E-state index contributed by atoms with van der Waals surface area (Å²) in [6.45, 7) is 1.53. The molecule has 2 aromatic rings. The molecule has 8 nitrogen and oxygen atoms in total. The van der Waals surface area contributed by atoms with Gasteiger partial charge in [0, 0.05) is 0 Å². The van der Waals surface area contributed by atoms with Crippen molar-refractivity contribution in [2.24, 2.45) is 5.73 Å². The first-order valence-electron chi connectivity index (χ1n) is 10.8. The molecule has 0 aliphatic carbocycles. The SMILES string of the molecule is Cc1ccc([C@@H]2O[C@H](CO)[C@@H](O)[C@H](O)[C@H]2O)cc1Cc1ccc2c(c1)CCC(C(N)=O)O2. The van der Waals surface area contributed by atoms with Crippen molar-refractivity contribution in [2.75, 3.05) is 6.61 Å². The number of ether oxygens (including phenoxy) is 2. The van der Waals surface area contributed by atoms with Gasteiger partial charge in [-0.1, -0.05) is 30.3 Å². The van der Waals surface area contributed by atoms with Crippen LogP contribution < -0.4 is 10.5 Å². The van der Waals surface area contributed by atoms with Gasteiger partial charge >= 0.3 is 0 Å². The fourth-order valence-corrected chi connectivity index (χ4v) is 4.41. The summed E-state index contributed by atoms with van der Waals surface area (Å²) in [6, 6.07) is 11.5. The fraction of sp³-hybridized carbons (Fsp3) is 0.458. The summed E-state index contributed by atoms with van der Waals surface area (Å²) in [4.78, 5) is 11.4. The minimum atomic E-state index is -1.42. The number of rotatable bonds is 5. The zero-order valence-corrected chi connectivity index (χ0v) is 17.8. The van der Waals surface area contributed by atoms with Gasteiger partial charge in [0.25, 0.3) is 5.91 Å². The highest BCUT2D eigenvalue weighted by Crippen LogP contribution is 2.34. The molecule has 2 heterocycles. The largest absolute Gasteiger partial charge is 0.480 e. The monoisotopic (exact) mass is 443 g/mol. The molecule has 1 unspecified atom stereocenters. The molecule has 1 fully saturated rings. The van der Waals surface area contributed by atoms with Gasteiger partial charge in [0.05, 0.1) is 6.61 Å². The Balaban J connectivity index is 1.56. The van der Waals surface area contributed by atoms with E-state index in [4.69, 9.17) is 15.2 Å². The van der Waals surface area contributed by atoms with Crippen LogP contribution in [0.3, 0.4) is 0 Å². The number of aliphatic hydroxyl groups excluding tert-OH is 4. The molecular formula is C24H29NO7. The normalized spacial score (nSPS) is 29.8. The fourth-order valence-electron chi connectivity index (χ4n) is 4.41. The second-order valence-electron chi connectivity index (χ2n) is 8.60. The van der Waals surface area contributed by atoms with E-state index in [1.807, 2.05) is 37.3 Å². The van der Waals surface area contributed by atoms with Crippen LogP contribution >= 0.6 is 0 Å². The van der Waals surface area contributed by atoms with Crippen molar-refractivity contribution in [3.63, 3.8) is 0 Å². The maximum atomic E-state index is 11.4. The Labute approximate surface area is 186 Å². The van der Waals surface area contributed by atoms with Gasteiger partial charge in [-0.3, -0.25) is 4.79 Å². The first kappa shape index (κ1) is 22.7. The van der Waals surface area contributed by atoms with Crippen LogP contribution in [0.25, 0.3) is 0 Å². The van der Waals surface area contributed by atoms with Crippen LogP contribution in [0, 0.1) is 6.92 Å². The number of fused-ring (bicyclic) bond motifs is 1. The van der Waals surface area contributed by atoms with Crippen LogP contribution in [-0.2, 0) is 22.4 Å². The molecule has 0 aromatic heterocycles. The Morgan fingerprint density at radius 2 is 1.88 bits per heavy atom. The zero-order valence-electron chi connectivity index (χ0n) is 17.8. The highest BCUT2D eigenvalue weighted by atomic mass is 16.5. The van der Waals surface area contributed by atoms with Crippen molar-refractivity contribution in [3.8, 4) is 5.75 Å². The average Bonchev–Trinajstić information content (AvgIpc) is 2.79. The van der Waals surface area contributed by atoms with Crippen LogP contribution in [0.5, 0.6) is 5.75 Å². The molecule has 8 heteroatoms. The Morgan fingerprint density at radius 1 is 1.09 bits per heavy atom. The number of carbonyl (C=O) groups is 1. The number of amides is 1. The van der Waals surface area contributed by atoms with Crippen molar-refractivity contribution in [2.45, 2.75) is 62.8 Å². The lowest BCUT2D eigenvalue weighted by Gasteiger charge is -2.40. The van der Waals surface area contributed by atoms with E-state index < -0.39 is 49.1 Å². The van der Waals surface area contributed by atoms with Gasteiger partial charge in [-0.25, -0.2) is 0 Å². The maximum Gasteiger partial charge on any atom is 0.258 e. The second-order valence-corrected chi connectivity index (χ2v) is 8.60. The summed E-state index contributed by atoms with van der Waals surface area (Å²) in [6.07, 6.45) is -4.64. The Hall–Kier alpha value is -2.49. The molecular weight excluding hydrogens is 414 g/mol.